The SMILES string of the molecule is COc1c(Cl)ncnc1SCc1cc(C)cc(C)c1. The summed E-state index contributed by atoms with van der Waals surface area (Å²) in [6.07, 6.45) is 1.45. The van der Waals surface area contributed by atoms with Crippen molar-refractivity contribution in [1.82, 2.24) is 9.97 Å². The number of rotatable bonds is 4. The number of hydrogen-bond donors (Lipinski definition) is 0. The zero-order valence-corrected chi connectivity index (χ0v) is 12.7. The number of thioether (sulfide) groups is 1. The van der Waals surface area contributed by atoms with Gasteiger partial charge in [0.05, 0.1) is 7.11 Å². The summed E-state index contributed by atoms with van der Waals surface area (Å²) in [5, 5.41) is 1.11. The van der Waals surface area contributed by atoms with Crippen LogP contribution in [-0.2, 0) is 5.75 Å². The van der Waals surface area contributed by atoms with E-state index in [1.54, 1.807) is 18.9 Å². The first-order valence-electron chi connectivity index (χ1n) is 5.84. The second kappa shape index (κ2) is 6.26. The third kappa shape index (κ3) is 3.61. The Kier molecular flexibility index (Phi) is 4.66. The molecule has 0 radical (unpaired) electrons. The van der Waals surface area contributed by atoms with Crippen molar-refractivity contribution < 1.29 is 4.74 Å². The average Bonchev–Trinajstić information content (AvgIpc) is 2.35. The molecule has 0 fully saturated rings. The third-order valence-electron chi connectivity index (χ3n) is 2.59. The summed E-state index contributed by atoms with van der Waals surface area (Å²) < 4.78 is 5.23. The summed E-state index contributed by atoms with van der Waals surface area (Å²) in [5.74, 6) is 1.37. The van der Waals surface area contributed by atoms with Crippen molar-refractivity contribution in [2.24, 2.45) is 0 Å². The smallest absolute Gasteiger partial charge is 0.188 e. The topological polar surface area (TPSA) is 35.0 Å². The van der Waals surface area contributed by atoms with Gasteiger partial charge < -0.3 is 4.74 Å². The zero-order valence-electron chi connectivity index (χ0n) is 11.1. The number of methoxy groups -OCH3 is 1. The highest BCUT2D eigenvalue weighted by Crippen LogP contribution is 2.33. The van der Waals surface area contributed by atoms with Crippen LogP contribution in [0.4, 0.5) is 0 Å². The molecule has 0 saturated heterocycles. The van der Waals surface area contributed by atoms with Gasteiger partial charge in [-0.25, -0.2) is 9.97 Å². The van der Waals surface area contributed by atoms with E-state index in [2.05, 4.69) is 42.0 Å². The number of aryl methyl sites for hydroxylation is 2. The van der Waals surface area contributed by atoms with E-state index in [0.29, 0.717) is 10.9 Å². The van der Waals surface area contributed by atoms with E-state index >= 15 is 0 Å². The number of nitrogens with zero attached hydrogens (tertiary/aromatic N) is 2. The van der Waals surface area contributed by atoms with Crippen LogP contribution in [0.5, 0.6) is 5.75 Å². The van der Waals surface area contributed by atoms with Gasteiger partial charge in [-0.3, -0.25) is 0 Å². The number of aromatic nitrogens is 2. The van der Waals surface area contributed by atoms with Gasteiger partial charge in [0.1, 0.15) is 11.4 Å². The lowest BCUT2D eigenvalue weighted by Crippen LogP contribution is -1.94. The minimum absolute atomic E-state index is 0.348. The molecule has 5 heteroatoms. The van der Waals surface area contributed by atoms with Crippen molar-refractivity contribution in [1.29, 1.82) is 0 Å². The summed E-state index contributed by atoms with van der Waals surface area (Å²) in [4.78, 5) is 8.12. The second-order valence-corrected chi connectivity index (χ2v) is 5.61. The van der Waals surface area contributed by atoms with E-state index < -0.39 is 0 Å². The molecule has 0 saturated carbocycles. The van der Waals surface area contributed by atoms with Crippen molar-refractivity contribution in [3.8, 4) is 5.75 Å². The van der Waals surface area contributed by atoms with Gasteiger partial charge in [0, 0.05) is 5.75 Å². The van der Waals surface area contributed by atoms with Gasteiger partial charge in [-0.2, -0.15) is 0 Å². The van der Waals surface area contributed by atoms with Crippen molar-refractivity contribution in [3.63, 3.8) is 0 Å². The number of benzene rings is 1. The molecule has 0 bridgehead atoms. The minimum atomic E-state index is 0.348. The van der Waals surface area contributed by atoms with Gasteiger partial charge in [0.15, 0.2) is 10.9 Å². The molecular formula is C14H15ClN2OS. The van der Waals surface area contributed by atoms with Crippen LogP contribution in [0.3, 0.4) is 0 Å². The zero-order chi connectivity index (χ0) is 13.8. The van der Waals surface area contributed by atoms with Crippen LogP contribution in [0.25, 0.3) is 0 Å². The van der Waals surface area contributed by atoms with Crippen LogP contribution in [0, 0.1) is 13.8 Å². The van der Waals surface area contributed by atoms with Crippen LogP contribution >= 0.6 is 23.4 Å². The molecule has 0 aliphatic heterocycles. The van der Waals surface area contributed by atoms with E-state index in [1.807, 2.05) is 0 Å². The second-order valence-electron chi connectivity index (χ2n) is 4.29. The Bertz CT molecular complexity index is 569. The fourth-order valence-corrected chi connectivity index (χ4v) is 3.08. The fourth-order valence-electron chi connectivity index (χ4n) is 1.92. The molecule has 0 aliphatic carbocycles. The molecule has 2 rings (SSSR count). The number of hydrogen-bond acceptors (Lipinski definition) is 4. The number of halogens is 1. The van der Waals surface area contributed by atoms with Crippen LogP contribution in [0.1, 0.15) is 16.7 Å². The lowest BCUT2D eigenvalue weighted by Gasteiger charge is -2.08. The normalized spacial score (nSPS) is 10.5. The van der Waals surface area contributed by atoms with Crippen LogP contribution in [0.2, 0.25) is 5.15 Å². The molecule has 0 aliphatic rings. The summed E-state index contributed by atoms with van der Waals surface area (Å²) in [7, 11) is 1.57. The Morgan fingerprint density at radius 2 is 1.84 bits per heavy atom. The Balaban J connectivity index is 2.16. The molecule has 0 atom stereocenters. The Labute approximate surface area is 122 Å². The molecule has 1 heterocycles. The van der Waals surface area contributed by atoms with Gasteiger partial charge in [0.2, 0.25) is 0 Å². The minimum Gasteiger partial charge on any atom is -0.491 e. The maximum Gasteiger partial charge on any atom is 0.188 e. The molecule has 0 N–H and O–H groups in total. The summed E-state index contributed by atoms with van der Waals surface area (Å²) >= 11 is 7.57. The summed E-state index contributed by atoms with van der Waals surface area (Å²) in [6, 6.07) is 6.51. The fraction of sp³-hybridized carbons (Fsp3) is 0.286. The van der Waals surface area contributed by atoms with Crippen LogP contribution in [-0.4, -0.2) is 17.1 Å². The summed E-state index contributed by atoms with van der Waals surface area (Å²) in [6.45, 7) is 4.20. The average molecular weight is 295 g/mol. The Hall–Kier alpha value is -1.26. The van der Waals surface area contributed by atoms with Crippen molar-refractivity contribution in [2.75, 3.05) is 7.11 Å². The molecule has 100 valence electrons. The maximum atomic E-state index is 5.97. The van der Waals surface area contributed by atoms with Gasteiger partial charge in [-0.05, 0) is 19.4 Å². The molecule has 1 aromatic carbocycles. The maximum absolute atomic E-state index is 5.97. The lowest BCUT2D eigenvalue weighted by molar-refractivity contribution is 0.398. The van der Waals surface area contributed by atoms with E-state index in [0.717, 1.165) is 10.8 Å². The van der Waals surface area contributed by atoms with Crippen molar-refractivity contribution >= 4 is 23.4 Å². The largest absolute Gasteiger partial charge is 0.491 e. The Morgan fingerprint density at radius 1 is 1.16 bits per heavy atom. The molecule has 19 heavy (non-hydrogen) atoms. The van der Waals surface area contributed by atoms with E-state index in [-0.39, 0.29) is 0 Å². The molecule has 3 nitrogen and oxygen atoms in total. The van der Waals surface area contributed by atoms with Crippen molar-refractivity contribution in [3.05, 3.63) is 46.4 Å². The first-order chi connectivity index (χ1) is 9.10. The monoisotopic (exact) mass is 294 g/mol. The highest BCUT2D eigenvalue weighted by atomic mass is 35.5. The summed E-state index contributed by atoms with van der Waals surface area (Å²) in [5.41, 5.74) is 3.80. The lowest BCUT2D eigenvalue weighted by atomic mass is 10.1. The molecule has 0 unspecified atom stereocenters. The first-order valence-corrected chi connectivity index (χ1v) is 7.21. The van der Waals surface area contributed by atoms with Gasteiger partial charge >= 0.3 is 0 Å². The third-order valence-corrected chi connectivity index (χ3v) is 3.90. The quantitative estimate of drug-likeness (QED) is 0.629. The van der Waals surface area contributed by atoms with E-state index in [1.165, 1.54) is 23.0 Å². The molecule has 0 amide bonds. The standard InChI is InChI=1S/C14H15ClN2OS/c1-9-4-10(2)6-11(5-9)7-19-14-12(18-3)13(15)16-8-17-14/h4-6,8H,7H2,1-3H3. The first kappa shape index (κ1) is 14.2. The Morgan fingerprint density at radius 3 is 2.47 bits per heavy atom. The molecule has 1 aromatic heterocycles. The van der Waals surface area contributed by atoms with Crippen LogP contribution in [0.15, 0.2) is 29.6 Å². The highest BCUT2D eigenvalue weighted by Gasteiger charge is 2.11. The van der Waals surface area contributed by atoms with E-state index in [9.17, 15) is 0 Å². The van der Waals surface area contributed by atoms with Gasteiger partial charge in [0.25, 0.3) is 0 Å². The predicted octanol–water partition coefficient (Wildman–Crippen LogP) is 4.05. The molecular weight excluding hydrogens is 280 g/mol. The van der Waals surface area contributed by atoms with E-state index in [4.69, 9.17) is 16.3 Å². The molecule has 2 aromatic rings. The van der Waals surface area contributed by atoms with Crippen molar-refractivity contribution in [2.45, 2.75) is 24.6 Å². The predicted molar refractivity (Wildman–Crippen MR) is 79.1 cm³/mol. The highest BCUT2D eigenvalue weighted by molar-refractivity contribution is 7.98. The van der Waals surface area contributed by atoms with Crippen LogP contribution < -0.4 is 4.74 Å². The molecule has 0 spiro atoms. The number of ether oxygens (including phenoxy) is 1. The van der Waals surface area contributed by atoms with Gasteiger partial charge in [-0.15, -0.1) is 0 Å². The van der Waals surface area contributed by atoms with Gasteiger partial charge in [-0.1, -0.05) is 52.7 Å².